The fourth-order valence-corrected chi connectivity index (χ4v) is 4.99. The summed E-state index contributed by atoms with van der Waals surface area (Å²) in [5.74, 6) is -4.17. The van der Waals surface area contributed by atoms with Crippen molar-refractivity contribution in [3.05, 3.63) is 54.1 Å². The number of Topliss-reactive ketones (excluding diaryl/α,β-unsaturated/α-hetero) is 1. The average Bonchev–Trinajstić information content (AvgIpc) is 3.47. The second-order valence-corrected chi connectivity index (χ2v) is 11.1. The number of rotatable bonds is 14. The fourth-order valence-electron chi connectivity index (χ4n) is 4.99. The Morgan fingerprint density at radius 3 is 2.02 bits per heavy atom. The van der Waals surface area contributed by atoms with Crippen LogP contribution in [0.3, 0.4) is 0 Å². The molecule has 0 spiro atoms. The Labute approximate surface area is 280 Å². The van der Waals surface area contributed by atoms with Crippen LogP contribution >= 0.6 is 0 Å². The minimum absolute atomic E-state index is 0.173. The van der Waals surface area contributed by atoms with Crippen molar-refractivity contribution in [2.45, 2.75) is 32.4 Å². The summed E-state index contributed by atoms with van der Waals surface area (Å²) in [5.41, 5.74) is 4.46. The number of aliphatic hydroxyl groups excluding tert-OH is 1. The monoisotopic (exact) mass is 675 g/mol. The molecule has 258 valence electrons. The number of fused-ring (bicyclic) bond motifs is 5. The van der Waals surface area contributed by atoms with Gasteiger partial charge in [0.2, 0.25) is 35.4 Å². The summed E-state index contributed by atoms with van der Waals surface area (Å²) in [6.45, 7) is -0.896. The molecule has 4 rings (SSSR count). The first-order valence-electron chi connectivity index (χ1n) is 15.3. The van der Waals surface area contributed by atoms with Gasteiger partial charge in [0.15, 0.2) is 0 Å². The number of para-hydroxylation sites is 1. The van der Waals surface area contributed by atoms with Crippen LogP contribution in [0.4, 0.5) is 5.69 Å². The van der Waals surface area contributed by atoms with E-state index >= 15 is 0 Å². The number of carbonyl (C=O) groups is 7. The van der Waals surface area contributed by atoms with E-state index in [2.05, 4.69) is 36.9 Å². The van der Waals surface area contributed by atoms with Crippen molar-refractivity contribution in [3.63, 3.8) is 0 Å². The average molecular weight is 676 g/mol. The van der Waals surface area contributed by atoms with E-state index in [1.54, 1.807) is 28.8 Å². The molecule has 6 amide bonds. The van der Waals surface area contributed by atoms with Gasteiger partial charge in [-0.2, -0.15) is 0 Å². The SMILES string of the molecule is CC(=O)CNC(=O)CNC(=O)CNC(=O)CNC(=O)[C@H](CO)NC(=O)CCC(=O)N1Cc2ccccc2-c2c(nnn2C)-c2ccccc21. The van der Waals surface area contributed by atoms with Crippen LogP contribution in [0.5, 0.6) is 0 Å². The van der Waals surface area contributed by atoms with E-state index in [1.165, 1.54) is 6.92 Å². The minimum atomic E-state index is -1.41. The van der Waals surface area contributed by atoms with Gasteiger partial charge in [-0.1, -0.05) is 47.7 Å². The van der Waals surface area contributed by atoms with Crippen molar-refractivity contribution >= 4 is 46.9 Å². The van der Waals surface area contributed by atoms with E-state index in [-0.39, 0.29) is 37.6 Å². The van der Waals surface area contributed by atoms with Gasteiger partial charge in [0.05, 0.1) is 50.7 Å². The van der Waals surface area contributed by atoms with Gasteiger partial charge in [0, 0.05) is 31.0 Å². The highest BCUT2D eigenvalue weighted by Gasteiger charge is 2.29. The van der Waals surface area contributed by atoms with E-state index in [1.807, 2.05) is 36.4 Å². The lowest BCUT2D eigenvalue weighted by molar-refractivity contribution is -0.132. The fraction of sp³-hybridized carbons (Fsp3) is 0.344. The van der Waals surface area contributed by atoms with E-state index in [0.29, 0.717) is 16.9 Å². The third kappa shape index (κ3) is 9.54. The van der Waals surface area contributed by atoms with E-state index in [4.69, 9.17) is 0 Å². The lowest BCUT2D eigenvalue weighted by Gasteiger charge is -2.28. The number of carbonyl (C=O) groups excluding carboxylic acids is 7. The summed E-state index contributed by atoms with van der Waals surface area (Å²) >= 11 is 0. The van der Waals surface area contributed by atoms with Crippen molar-refractivity contribution in [3.8, 4) is 22.5 Å². The van der Waals surface area contributed by atoms with E-state index in [0.717, 1.165) is 16.8 Å². The third-order valence-electron chi connectivity index (χ3n) is 7.43. The molecule has 17 nitrogen and oxygen atoms in total. The summed E-state index contributed by atoms with van der Waals surface area (Å²) in [4.78, 5) is 86.9. The molecule has 1 aliphatic heterocycles. The molecule has 0 saturated heterocycles. The molecule has 6 N–H and O–H groups in total. The Hall–Kier alpha value is -5.97. The molecule has 0 aliphatic carbocycles. The van der Waals surface area contributed by atoms with Crippen LogP contribution < -0.4 is 31.5 Å². The number of aryl methyl sites for hydroxylation is 1. The van der Waals surface area contributed by atoms with Crippen LogP contribution in [0, 0.1) is 0 Å². The largest absolute Gasteiger partial charge is 0.394 e. The first kappa shape index (κ1) is 35.9. The third-order valence-corrected chi connectivity index (χ3v) is 7.43. The van der Waals surface area contributed by atoms with Gasteiger partial charge in [-0.3, -0.25) is 33.6 Å². The number of amides is 6. The maximum atomic E-state index is 13.6. The number of nitrogens with one attached hydrogen (secondary N) is 5. The van der Waals surface area contributed by atoms with Gasteiger partial charge < -0.3 is 36.6 Å². The number of hydrogen-bond donors (Lipinski definition) is 6. The van der Waals surface area contributed by atoms with Crippen molar-refractivity contribution in [2.75, 3.05) is 37.7 Å². The maximum absolute atomic E-state index is 13.6. The zero-order valence-electron chi connectivity index (χ0n) is 26.9. The quantitative estimate of drug-likeness (QED) is 0.113. The molecule has 1 aromatic heterocycles. The Morgan fingerprint density at radius 1 is 0.776 bits per heavy atom. The Bertz CT molecular complexity index is 1760. The summed E-state index contributed by atoms with van der Waals surface area (Å²) < 4.78 is 1.69. The van der Waals surface area contributed by atoms with Crippen LogP contribution in [0.15, 0.2) is 48.5 Å². The number of anilines is 1. The van der Waals surface area contributed by atoms with Crippen molar-refractivity contribution < 1.29 is 38.7 Å². The van der Waals surface area contributed by atoms with Gasteiger partial charge >= 0.3 is 0 Å². The summed E-state index contributed by atoms with van der Waals surface area (Å²) in [7, 11) is 1.80. The van der Waals surface area contributed by atoms with Gasteiger partial charge in [-0.05, 0) is 18.6 Å². The van der Waals surface area contributed by atoms with Crippen molar-refractivity contribution in [2.24, 2.45) is 7.05 Å². The van der Waals surface area contributed by atoms with Crippen LogP contribution in [-0.2, 0) is 47.2 Å². The number of benzene rings is 2. The summed E-state index contributed by atoms with van der Waals surface area (Å²) in [6, 6.07) is 13.5. The van der Waals surface area contributed by atoms with Gasteiger partial charge in [0.25, 0.3) is 0 Å². The minimum Gasteiger partial charge on any atom is -0.394 e. The zero-order valence-corrected chi connectivity index (χ0v) is 26.9. The molecule has 0 saturated carbocycles. The van der Waals surface area contributed by atoms with Crippen molar-refractivity contribution in [1.82, 2.24) is 41.6 Å². The van der Waals surface area contributed by atoms with Crippen LogP contribution in [0.1, 0.15) is 25.3 Å². The lowest BCUT2D eigenvalue weighted by Crippen LogP contribution is -2.51. The predicted octanol–water partition coefficient (Wildman–Crippen LogP) is -1.69. The summed E-state index contributed by atoms with van der Waals surface area (Å²) in [5, 5.41) is 29.7. The normalized spacial score (nSPS) is 12.1. The smallest absolute Gasteiger partial charge is 0.245 e. The molecule has 0 bridgehead atoms. The molecule has 0 unspecified atom stereocenters. The highest BCUT2D eigenvalue weighted by molar-refractivity contribution is 6.01. The zero-order chi connectivity index (χ0) is 35.5. The molecule has 1 atom stereocenters. The molecule has 17 heteroatoms. The Morgan fingerprint density at radius 2 is 1.37 bits per heavy atom. The van der Waals surface area contributed by atoms with Crippen molar-refractivity contribution in [1.29, 1.82) is 0 Å². The topological polar surface area (TPSA) is 234 Å². The highest BCUT2D eigenvalue weighted by atomic mass is 16.3. The second-order valence-electron chi connectivity index (χ2n) is 11.1. The van der Waals surface area contributed by atoms with Gasteiger partial charge in [0.1, 0.15) is 17.5 Å². The molecule has 1 aliphatic rings. The molecule has 0 radical (unpaired) electrons. The number of aromatic nitrogens is 3. The predicted molar refractivity (Wildman–Crippen MR) is 174 cm³/mol. The Balaban J connectivity index is 1.28. The molecular formula is C32H37N9O8. The second kappa shape index (κ2) is 16.7. The number of aliphatic hydroxyl groups is 1. The van der Waals surface area contributed by atoms with Gasteiger partial charge in [-0.25, -0.2) is 4.68 Å². The molecular weight excluding hydrogens is 638 g/mol. The molecule has 2 heterocycles. The van der Waals surface area contributed by atoms with Crippen LogP contribution in [0.2, 0.25) is 0 Å². The van der Waals surface area contributed by atoms with Crippen LogP contribution in [-0.4, -0.2) is 100 Å². The number of ketones is 1. The highest BCUT2D eigenvalue weighted by Crippen LogP contribution is 2.40. The molecule has 3 aromatic rings. The number of nitrogens with zero attached hydrogens (tertiary/aromatic N) is 4. The number of hydrogen-bond acceptors (Lipinski definition) is 10. The molecule has 2 aromatic carbocycles. The molecule has 0 fully saturated rings. The standard InChI is InChI=1S/C32H37N9O8/c1-19(43)13-33-26(45)14-34-27(46)15-35-28(47)16-36-32(49)23(18-42)37-25(44)11-12-29(48)41-17-20-7-3-4-8-21(20)31-30(38-39-40(31)2)22-9-5-6-10-24(22)41/h3-10,23,42H,11-18H2,1-2H3,(H,33,45)(H,34,46)(H,35,47)(H,36,49)(H,37,44)/t23-/m0/s1. The van der Waals surface area contributed by atoms with Gasteiger partial charge in [-0.15, -0.1) is 5.10 Å². The van der Waals surface area contributed by atoms with E-state index in [9.17, 15) is 38.7 Å². The van der Waals surface area contributed by atoms with E-state index < -0.39 is 61.8 Å². The Kier molecular flexibility index (Phi) is 12.3. The lowest BCUT2D eigenvalue weighted by atomic mass is 9.95. The maximum Gasteiger partial charge on any atom is 0.245 e. The van der Waals surface area contributed by atoms with Crippen LogP contribution in [0.25, 0.3) is 22.5 Å². The first-order chi connectivity index (χ1) is 23.5. The molecule has 49 heavy (non-hydrogen) atoms. The first-order valence-corrected chi connectivity index (χ1v) is 15.3. The summed E-state index contributed by atoms with van der Waals surface area (Å²) in [6.07, 6.45) is -0.500.